The van der Waals surface area contributed by atoms with Gasteiger partial charge in [0, 0.05) is 50.7 Å². The molecule has 0 aliphatic carbocycles. The molecule has 1 aromatic rings. The van der Waals surface area contributed by atoms with E-state index in [1.165, 1.54) is 4.88 Å². The fourth-order valence-electron chi connectivity index (χ4n) is 3.15. The molecule has 122 valence electrons. The second kappa shape index (κ2) is 7.55. The number of rotatable bonds is 4. The maximum absolute atomic E-state index is 12.4. The average Bonchev–Trinajstić information content (AvgIpc) is 3.03. The highest BCUT2D eigenvalue weighted by molar-refractivity contribution is 7.09. The maximum Gasteiger partial charge on any atom is 0.236 e. The van der Waals surface area contributed by atoms with Crippen LogP contribution in [0.15, 0.2) is 17.5 Å². The van der Waals surface area contributed by atoms with Crippen molar-refractivity contribution in [1.82, 2.24) is 14.7 Å². The topological polar surface area (TPSA) is 47.0 Å². The van der Waals surface area contributed by atoms with Crippen molar-refractivity contribution in [1.29, 1.82) is 0 Å². The van der Waals surface area contributed by atoms with Gasteiger partial charge in [0.1, 0.15) is 0 Å². The first kappa shape index (κ1) is 15.9. The molecule has 3 rings (SSSR count). The minimum Gasteiger partial charge on any atom is -0.393 e. The number of carbonyl (C=O) groups excluding carboxylic acids is 1. The number of likely N-dealkylation sites (tertiary alicyclic amines) is 1. The van der Waals surface area contributed by atoms with Gasteiger partial charge in [-0.25, -0.2) is 0 Å². The van der Waals surface area contributed by atoms with Gasteiger partial charge in [0.15, 0.2) is 0 Å². The normalized spacial score (nSPS) is 22.1. The molecule has 1 aromatic heterocycles. The number of nitrogens with zero attached hydrogens (tertiary/aromatic N) is 3. The number of hydrogen-bond donors (Lipinski definition) is 1. The summed E-state index contributed by atoms with van der Waals surface area (Å²) in [6, 6.07) is 4.27. The Morgan fingerprint density at radius 3 is 2.50 bits per heavy atom. The number of aliphatic hydroxyl groups is 1. The van der Waals surface area contributed by atoms with Gasteiger partial charge in [0.05, 0.1) is 12.6 Å². The Bertz CT molecular complexity index is 464. The summed E-state index contributed by atoms with van der Waals surface area (Å²) in [5.74, 6) is 0.243. The molecular weight excluding hydrogens is 298 g/mol. The Balaban J connectivity index is 1.40. The summed E-state index contributed by atoms with van der Waals surface area (Å²) in [6.45, 7) is 6.78. The van der Waals surface area contributed by atoms with Gasteiger partial charge in [-0.15, -0.1) is 11.3 Å². The molecule has 5 nitrogen and oxygen atoms in total. The minimum atomic E-state index is -0.174. The van der Waals surface area contributed by atoms with E-state index in [9.17, 15) is 9.90 Å². The van der Waals surface area contributed by atoms with Gasteiger partial charge >= 0.3 is 0 Å². The minimum absolute atomic E-state index is 0.174. The van der Waals surface area contributed by atoms with Crippen LogP contribution in [0.1, 0.15) is 17.7 Å². The van der Waals surface area contributed by atoms with Crippen LogP contribution in [0.25, 0.3) is 0 Å². The number of aliphatic hydroxyl groups excluding tert-OH is 1. The van der Waals surface area contributed by atoms with E-state index in [0.717, 1.165) is 58.7 Å². The number of amides is 1. The summed E-state index contributed by atoms with van der Waals surface area (Å²) >= 11 is 1.80. The van der Waals surface area contributed by atoms with E-state index in [2.05, 4.69) is 27.3 Å². The summed E-state index contributed by atoms with van der Waals surface area (Å²) in [4.78, 5) is 20.4. The number of carbonyl (C=O) groups is 1. The molecule has 0 atom stereocenters. The van der Waals surface area contributed by atoms with Gasteiger partial charge in [-0.1, -0.05) is 6.07 Å². The predicted molar refractivity (Wildman–Crippen MR) is 87.9 cm³/mol. The van der Waals surface area contributed by atoms with Crippen LogP contribution in [0.5, 0.6) is 0 Å². The first-order valence-electron chi connectivity index (χ1n) is 8.13. The van der Waals surface area contributed by atoms with Crippen LogP contribution in [-0.2, 0) is 11.3 Å². The fraction of sp³-hybridized carbons (Fsp3) is 0.688. The average molecular weight is 323 g/mol. The van der Waals surface area contributed by atoms with Crippen LogP contribution in [-0.4, -0.2) is 77.6 Å². The highest BCUT2D eigenvalue weighted by Gasteiger charge is 2.24. The fourth-order valence-corrected chi connectivity index (χ4v) is 3.89. The highest BCUT2D eigenvalue weighted by atomic mass is 32.1. The van der Waals surface area contributed by atoms with Crippen molar-refractivity contribution in [2.45, 2.75) is 25.5 Å². The molecular formula is C16H25N3O2S. The molecule has 0 bridgehead atoms. The molecule has 6 heteroatoms. The van der Waals surface area contributed by atoms with E-state index in [4.69, 9.17) is 0 Å². The molecule has 0 spiro atoms. The molecule has 2 fully saturated rings. The molecule has 0 radical (unpaired) electrons. The number of piperazine rings is 1. The summed E-state index contributed by atoms with van der Waals surface area (Å²) in [6.07, 6.45) is 1.41. The van der Waals surface area contributed by atoms with Crippen molar-refractivity contribution in [2.24, 2.45) is 0 Å². The molecule has 2 aliphatic rings. The van der Waals surface area contributed by atoms with E-state index in [-0.39, 0.29) is 12.0 Å². The summed E-state index contributed by atoms with van der Waals surface area (Å²) in [7, 11) is 0. The highest BCUT2D eigenvalue weighted by Crippen LogP contribution is 2.14. The molecule has 3 heterocycles. The number of hydrogen-bond acceptors (Lipinski definition) is 5. The predicted octanol–water partition coefficient (Wildman–Crippen LogP) is 0.849. The number of thiophene rings is 1. The Kier molecular flexibility index (Phi) is 5.46. The molecule has 2 aliphatic heterocycles. The number of piperidine rings is 1. The quantitative estimate of drug-likeness (QED) is 0.892. The maximum atomic E-state index is 12.4. The lowest BCUT2D eigenvalue weighted by Crippen LogP contribution is -2.51. The first-order chi connectivity index (χ1) is 10.7. The van der Waals surface area contributed by atoms with Crippen LogP contribution in [0, 0.1) is 0 Å². The third-order valence-electron chi connectivity index (χ3n) is 4.60. The Morgan fingerprint density at radius 2 is 1.86 bits per heavy atom. The summed E-state index contributed by atoms with van der Waals surface area (Å²) < 4.78 is 0. The second-order valence-electron chi connectivity index (χ2n) is 6.24. The van der Waals surface area contributed by atoms with Crippen molar-refractivity contribution in [3.8, 4) is 0 Å². The monoisotopic (exact) mass is 323 g/mol. The molecule has 22 heavy (non-hydrogen) atoms. The first-order valence-corrected chi connectivity index (χ1v) is 9.01. The molecule has 1 N–H and O–H groups in total. The van der Waals surface area contributed by atoms with Gasteiger partial charge in [-0.2, -0.15) is 0 Å². The SMILES string of the molecule is O=C(CN1CCC(O)CC1)N1CCN(Cc2cccs2)CC1. The van der Waals surface area contributed by atoms with E-state index < -0.39 is 0 Å². The van der Waals surface area contributed by atoms with Gasteiger partial charge in [0.25, 0.3) is 0 Å². The Morgan fingerprint density at radius 1 is 1.14 bits per heavy atom. The zero-order valence-electron chi connectivity index (χ0n) is 13.0. The largest absolute Gasteiger partial charge is 0.393 e. The van der Waals surface area contributed by atoms with E-state index in [1.807, 2.05) is 4.90 Å². The van der Waals surface area contributed by atoms with Gasteiger partial charge in [-0.05, 0) is 24.3 Å². The second-order valence-corrected chi connectivity index (χ2v) is 7.28. The van der Waals surface area contributed by atoms with Crippen LogP contribution >= 0.6 is 11.3 Å². The van der Waals surface area contributed by atoms with Crippen molar-refractivity contribution >= 4 is 17.2 Å². The van der Waals surface area contributed by atoms with Crippen LogP contribution in [0.4, 0.5) is 0 Å². The zero-order chi connectivity index (χ0) is 15.4. The van der Waals surface area contributed by atoms with Gasteiger partial charge in [0.2, 0.25) is 5.91 Å². The van der Waals surface area contributed by atoms with Gasteiger partial charge in [-0.3, -0.25) is 14.6 Å². The van der Waals surface area contributed by atoms with Crippen LogP contribution in [0.2, 0.25) is 0 Å². The van der Waals surface area contributed by atoms with Gasteiger partial charge < -0.3 is 10.0 Å². The Labute approximate surface area is 136 Å². The zero-order valence-corrected chi connectivity index (χ0v) is 13.8. The molecule has 2 saturated heterocycles. The summed E-state index contributed by atoms with van der Waals surface area (Å²) in [5, 5.41) is 11.6. The lowest BCUT2D eigenvalue weighted by molar-refractivity contribution is -0.134. The van der Waals surface area contributed by atoms with E-state index >= 15 is 0 Å². The molecule has 0 unspecified atom stereocenters. The smallest absolute Gasteiger partial charge is 0.236 e. The van der Waals surface area contributed by atoms with Crippen LogP contribution in [0.3, 0.4) is 0 Å². The van der Waals surface area contributed by atoms with Crippen molar-refractivity contribution in [3.63, 3.8) is 0 Å². The molecule has 1 amide bonds. The lowest BCUT2D eigenvalue weighted by atomic mass is 10.1. The van der Waals surface area contributed by atoms with Crippen LogP contribution < -0.4 is 0 Å². The third-order valence-corrected chi connectivity index (χ3v) is 5.46. The third kappa shape index (κ3) is 4.29. The standard InChI is InChI=1S/C16H25N3O2S/c20-14-3-5-17(6-4-14)13-16(21)19-9-7-18(8-10-19)12-15-2-1-11-22-15/h1-2,11,14,20H,3-10,12-13H2. The van der Waals surface area contributed by atoms with Crippen molar-refractivity contribution in [3.05, 3.63) is 22.4 Å². The van der Waals surface area contributed by atoms with E-state index in [1.54, 1.807) is 11.3 Å². The van der Waals surface area contributed by atoms with E-state index in [0.29, 0.717) is 6.54 Å². The van der Waals surface area contributed by atoms with Crippen molar-refractivity contribution in [2.75, 3.05) is 45.8 Å². The lowest BCUT2D eigenvalue weighted by Gasteiger charge is -2.36. The summed E-state index contributed by atoms with van der Waals surface area (Å²) in [5.41, 5.74) is 0. The van der Waals surface area contributed by atoms with Crippen molar-refractivity contribution < 1.29 is 9.90 Å². The Hall–Kier alpha value is -0.950. The molecule has 0 saturated carbocycles. The molecule has 0 aromatic carbocycles.